The predicted octanol–water partition coefficient (Wildman–Crippen LogP) is 4.88. The van der Waals surface area contributed by atoms with Gasteiger partial charge in [-0.1, -0.05) is 18.2 Å². The molecule has 0 aliphatic rings. The molecule has 0 bridgehead atoms. The summed E-state index contributed by atoms with van der Waals surface area (Å²) in [4.78, 5) is 15.6. The fraction of sp³-hybridized carbons (Fsp3) is 0.208. The van der Waals surface area contributed by atoms with Gasteiger partial charge in [0.1, 0.15) is 5.75 Å². The van der Waals surface area contributed by atoms with E-state index in [1.807, 2.05) is 37.4 Å². The van der Waals surface area contributed by atoms with Crippen molar-refractivity contribution >= 4 is 33.4 Å². The molecule has 8 heteroatoms. The third-order valence-electron chi connectivity index (χ3n) is 4.73. The van der Waals surface area contributed by atoms with Crippen LogP contribution in [0.4, 0.5) is 5.69 Å². The Morgan fingerprint density at radius 3 is 2.34 bits per heavy atom. The molecule has 0 unspecified atom stereocenters. The molecule has 0 radical (unpaired) electrons. The van der Waals surface area contributed by atoms with Crippen LogP contribution in [0.25, 0.3) is 0 Å². The van der Waals surface area contributed by atoms with Crippen LogP contribution in [0.15, 0.2) is 82.6 Å². The summed E-state index contributed by atoms with van der Waals surface area (Å²) < 4.78 is 33.6. The largest absolute Gasteiger partial charge is 0.494 e. The van der Waals surface area contributed by atoms with E-state index in [0.717, 1.165) is 10.5 Å². The van der Waals surface area contributed by atoms with Crippen LogP contribution < -0.4 is 9.46 Å². The average Bonchev–Trinajstić information content (AvgIpc) is 2.80. The molecule has 0 fully saturated rings. The van der Waals surface area contributed by atoms with Crippen molar-refractivity contribution in [3.05, 3.63) is 83.9 Å². The van der Waals surface area contributed by atoms with Gasteiger partial charge in [0, 0.05) is 29.7 Å². The maximum Gasteiger partial charge on any atom is 0.261 e. The number of thioether (sulfide) groups is 1. The molecule has 0 aliphatic heterocycles. The van der Waals surface area contributed by atoms with Crippen molar-refractivity contribution in [2.75, 3.05) is 24.6 Å². The Hall–Kier alpha value is -2.97. The van der Waals surface area contributed by atoms with E-state index in [0.29, 0.717) is 30.2 Å². The van der Waals surface area contributed by atoms with Crippen LogP contribution in [0, 0.1) is 0 Å². The van der Waals surface area contributed by atoms with Crippen LogP contribution in [-0.4, -0.2) is 39.1 Å². The van der Waals surface area contributed by atoms with Gasteiger partial charge in [-0.3, -0.25) is 9.52 Å². The zero-order valence-corrected chi connectivity index (χ0v) is 19.9. The lowest BCUT2D eigenvalue weighted by molar-refractivity contribution is 0.0785. The second-order valence-corrected chi connectivity index (χ2v) is 9.66. The van der Waals surface area contributed by atoms with Crippen molar-refractivity contribution in [2.45, 2.75) is 23.3 Å². The molecule has 32 heavy (non-hydrogen) atoms. The summed E-state index contributed by atoms with van der Waals surface area (Å²) in [6.07, 6.45) is 2.01. The third kappa shape index (κ3) is 6.05. The Labute approximate surface area is 193 Å². The fourth-order valence-corrected chi connectivity index (χ4v) is 4.61. The molecule has 6 nitrogen and oxygen atoms in total. The van der Waals surface area contributed by atoms with Gasteiger partial charge in [-0.25, -0.2) is 8.42 Å². The number of nitrogens with one attached hydrogen (secondary N) is 1. The molecule has 0 heterocycles. The maximum atomic E-state index is 12.9. The van der Waals surface area contributed by atoms with Crippen molar-refractivity contribution in [1.29, 1.82) is 0 Å². The number of benzene rings is 3. The van der Waals surface area contributed by atoms with Gasteiger partial charge in [-0.05, 0) is 73.3 Å². The first-order valence-corrected chi connectivity index (χ1v) is 12.8. The number of carbonyl (C=O) groups excluding carboxylic acids is 1. The van der Waals surface area contributed by atoms with Gasteiger partial charge in [0.05, 0.1) is 11.5 Å². The third-order valence-corrected chi connectivity index (χ3v) is 6.86. The number of nitrogens with zero attached hydrogens (tertiary/aromatic N) is 1. The Bertz CT molecular complexity index is 1160. The monoisotopic (exact) mass is 470 g/mol. The maximum absolute atomic E-state index is 12.9. The van der Waals surface area contributed by atoms with E-state index in [1.165, 1.54) is 12.1 Å². The number of ether oxygens (including phenoxy) is 1. The first-order valence-electron chi connectivity index (χ1n) is 10.1. The molecule has 0 spiro atoms. The number of amides is 1. The van der Waals surface area contributed by atoms with Crippen molar-refractivity contribution in [3.8, 4) is 5.75 Å². The highest BCUT2D eigenvalue weighted by Gasteiger charge is 2.18. The lowest BCUT2D eigenvalue weighted by atomic mass is 10.1. The van der Waals surface area contributed by atoms with E-state index in [4.69, 9.17) is 4.74 Å². The standard InChI is InChI=1S/C24H26N2O4S2/c1-4-30-21-12-10-20(11-13-21)25-32(28,29)23-7-5-6-19(16-23)24(27)26(2)17-18-8-14-22(31-3)15-9-18/h5-16,25H,4,17H2,1-3H3. The average molecular weight is 471 g/mol. The topological polar surface area (TPSA) is 75.7 Å². The van der Waals surface area contributed by atoms with Crippen molar-refractivity contribution in [3.63, 3.8) is 0 Å². The Kier molecular flexibility index (Phi) is 7.82. The van der Waals surface area contributed by atoms with E-state index in [9.17, 15) is 13.2 Å². The molecule has 0 aromatic heterocycles. The molecule has 3 aromatic rings. The molecule has 168 valence electrons. The smallest absolute Gasteiger partial charge is 0.261 e. The normalized spacial score (nSPS) is 11.1. The minimum absolute atomic E-state index is 0.0231. The molecule has 0 saturated heterocycles. The zero-order chi connectivity index (χ0) is 23.1. The molecular formula is C24H26N2O4S2. The summed E-state index contributed by atoms with van der Waals surface area (Å²) in [6.45, 7) is 2.84. The van der Waals surface area contributed by atoms with Gasteiger partial charge in [-0.15, -0.1) is 11.8 Å². The highest BCUT2D eigenvalue weighted by molar-refractivity contribution is 7.98. The zero-order valence-electron chi connectivity index (χ0n) is 18.2. The molecular weight excluding hydrogens is 444 g/mol. The van der Waals surface area contributed by atoms with Crippen molar-refractivity contribution in [2.24, 2.45) is 0 Å². The van der Waals surface area contributed by atoms with Gasteiger partial charge < -0.3 is 9.64 Å². The number of hydrogen-bond acceptors (Lipinski definition) is 5. The second kappa shape index (κ2) is 10.6. The molecule has 3 aromatic carbocycles. The quantitative estimate of drug-likeness (QED) is 0.451. The Morgan fingerprint density at radius 2 is 1.72 bits per heavy atom. The minimum Gasteiger partial charge on any atom is -0.494 e. The summed E-state index contributed by atoms with van der Waals surface area (Å²) in [6, 6.07) is 20.7. The van der Waals surface area contributed by atoms with Gasteiger partial charge >= 0.3 is 0 Å². The van der Waals surface area contributed by atoms with Crippen LogP contribution in [0.2, 0.25) is 0 Å². The fourth-order valence-electron chi connectivity index (χ4n) is 3.09. The Balaban J connectivity index is 1.73. The number of rotatable bonds is 9. The Morgan fingerprint density at radius 1 is 1.03 bits per heavy atom. The molecule has 0 aliphatic carbocycles. The molecule has 1 N–H and O–H groups in total. The van der Waals surface area contributed by atoms with Gasteiger partial charge in [-0.2, -0.15) is 0 Å². The van der Waals surface area contributed by atoms with Crippen LogP contribution in [0.3, 0.4) is 0 Å². The summed E-state index contributed by atoms with van der Waals surface area (Å²) in [5.41, 5.74) is 1.72. The number of sulfonamides is 1. The van der Waals surface area contributed by atoms with E-state index >= 15 is 0 Å². The lowest BCUT2D eigenvalue weighted by Crippen LogP contribution is -2.26. The number of hydrogen-bond donors (Lipinski definition) is 1. The van der Waals surface area contributed by atoms with Crippen molar-refractivity contribution < 1.29 is 17.9 Å². The first kappa shape index (κ1) is 23.7. The van der Waals surface area contributed by atoms with Crippen LogP contribution in [0.1, 0.15) is 22.8 Å². The molecule has 0 saturated carbocycles. The summed E-state index contributed by atoms with van der Waals surface area (Å²) >= 11 is 1.66. The molecule has 0 atom stereocenters. The second-order valence-electron chi connectivity index (χ2n) is 7.10. The summed E-state index contributed by atoms with van der Waals surface area (Å²) in [5.74, 6) is 0.409. The SMILES string of the molecule is CCOc1ccc(NS(=O)(=O)c2cccc(C(=O)N(C)Cc3ccc(SC)cc3)c2)cc1. The van der Waals surface area contributed by atoms with E-state index in [2.05, 4.69) is 4.72 Å². The van der Waals surface area contributed by atoms with E-state index < -0.39 is 10.0 Å². The van der Waals surface area contributed by atoms with Gasteiger partial charge in [0.15, 0.2) is 0 Å². The highest BCUT2D eigenvalue weighted by Crippen LogP contribution is 2.21. The predicted molar refractivity (Wildman–Crippen MR) is 129 cm³/mol. The number of carbonyl (C=O) groups is 1. The van der Waals surface area contributed by atoms with Gasteiger partial charge in [0.2, 0.25) is 0 Å². The van der Waals surface area contributed by atoms with E-state index in [-0.39, 0.29) is 10.8 Å². The van der Waals surface area contributed by atoms with E-state index in [1.54, 1.807) is 60.1 Å². The van der Waals surface area contributed by atoms with Crippen LogP contribution >= 0.6 is 11.8 Å². The molecule has 1 amide bonds. The van der Waals surface area contributed by atoms with Crippen LogP contribution in [0.5, 0.6) is 5.75 Å². The summed E-state index contributed by atoms with van der Waals surface area (Å²) in [7, 11) is -2.15. The number of anilines is 1. The first-order chi connectivity index (χ1) is 15.3. The van der Waals surface area contributed by atoms with Crippen LogP contribution in [-0.2, 0) is 16.6 Å². The summed E-state index contributed by atoms with van der Waals surface area (Å²) in [5, 5.41) is 0. The van der Waals surface area contributed by atoms with Gasteiger partial charge in [0.25, 0.3) is 15.9 Å². The highest BCUT2D eigenvalue weighted by atomic mass is 32.2. The molecule has 3 rings (SSSR count). The minimum atomic E-state index is -3.85. The lowest BCUT2D eigenvalue weighted by Gasteiger charge is -2.18. The van der Waals surface area contributed by atoms with Crippen molar-refractivity contribution in [1.82, 2.24) is 4.90 Å².